The van der Waals surface area contributed by atoms with Crippen molar-refractivity contribution < 1.29 is 23.8 Å². The Bertz CT molecular complexity index is 1300. The minimum Gasteiger partial charge on any atom is -0.462 e. The summed E-state index contributed by atoms with van der Waals surface area (Å²) in [6.45, 7) is 7.64. The van der Waals surface area contributed by atoms with Crippen molar-refractivity contribution in [2.24, 2.45) is 0 Å². The number of rotatable bonds is 52. The topological polar surface area (TPSA) is 61.8 Å². The van der Waals surface area contributed by atoms with Gasteiger partial charge in [-0.1, -0.05) is 227 Å². The molecule has 0 aliphatic carbocycles. The van der Waals surface area contributed by atoms with E-state index in [1.165, 1.54) is 135 Å². The Hall–Kier alpha value is -3.18. The van der Waals surface area contributed by atoms with Crippen LogP contribution < -0.4 is 0 Å². The van der Waals surface area contributed by atoms with E-state index in [9.17, 15) is 9.59 Å². The molecule has 0 aliphatic heterocycles. The summed E-state index contributed by atoms with van der Waals surface area (Å²) < 4.78 is 17.4. The van der Waals surface area contributed by atoms with Gasteiger partial charge in [-0.25, -0.2) is 0 Å². The number of carbonyl (C=O) groups is 2. The van der Waals surface area contributed by atoms with Gasteiger partial charge >= 0.3 is 11.9 Å². The van der Waals surface area contributed by atoms with E-state index in [0.717, 1.165) is 96.3 Å². The molecule has 0 N–H and O–H groups in total. The van der Waals surface area contributed by atoms with Gasteiger partial charge in [-0.3, -0.25) is 9.59 Å². The van der Waals surface area contributed by atoms with Gasteiger partial charge in [-0.2, -0.15) is 0 Å². The van der Waals surface area contributed by atoms with Crippen LogP contribution in [0.2, 0.25) is 0 Å². The summed E-state index contributed by atoms with van der Waals surface area (Å²) in [7, 11) is 0. The van der Waals surface area contributed by atoms with Gasteiger partial charge in [-0.15, -0.1) is 0 Å². The van der Waals surface area contributed by atoms with E-state index < -0.39 is 6.10 Å². The Balaban J connectivity index is 4.35. The first-order chi connectivity index (χ1) is 33.6. The first-order valence-corrected chi connectivity index (χ1v) is 28.8. The van der Waals surface area contributed by atoms with E-state index in [1.54, 1.807) is 0 Å². The van der Waals surface area contributed by atoms with E-state index in [0.29, 0.717) is 19.4 Å². The number of carbonyl (C=O) groups excluding carboxylic acids is 2. The Morgan fingerprint density at radius 1 is 0.338 bits per heavy atom. The molecule has 0 radical (unpaired) electrons. The van der Waals surface area contributed by atoms with Crippen LogP contribution in [0.3, 0.4) is 0 Å². The van der Waals surface area contributed by atoms with Crippen molar-refractivity contribution in [2.45, 2.75) is 271 Å². The molecule has 0 rings (SSSR count). The summed E-state index contributed by atoms with van der Waals surface area (Å²) in [5, 5.41) is 0. The van der Waals surface area contributed by atoms with Gasteiger partial charge in [0, 0.05) is 19.4 Å². The molecule has 1 unspecified atom stereocenters. The fourth-order valence-electron chi connectivity index (χ4n) is 7.80. The number of hydrogen-bond donors (Lipinski definition) is 0. The third-order valence-electron chi connectivity index (χ3n) is 12.1. The molecule has 0 aliphatic rings. The third kappa shape index (κ3) is 55.4. The first kappa shape index (κ1) is 64.8. The highest BCUT2D eigenvalue weighted by Crippen LogP contribution is 2.14. The minimum atomic E-state index is -0.561. The highest BCUT2D eigenvalue weighted by molar-refractivity contribution is 5.70. The first-order valence-electron chi connectivity index (χ1n) is 28.8. The summed E-state index contributed by atoms with van der Waals surface area (Å²) in [5.74, 6) is -0.440. The Kier molecular flexibility index (Phi) is 55.4. The predicted octanol–water partition coefficient (Wildman–Crippen LogP) is 19.8. The molecule has 5 nitrogen and oxygen atoms in total. The van der Waals surface area contributed by atoms with Gasteiger partial charge in [0.05, 0.1) is 6.61 Å². The maximum atomic E-state index is 12.9. The number of ether oxygens (including phenoxy) is 3. The summed E-state index contributed by atoms with van der Waals surface area (Å²) in [6, 6.07) is 0. The average Bonchev–Trinajstić information content (AvgIpc) is 3.34. The number of allylic oxidation sites excluding steroid dienone is 16. The summed E-state index contributed by atoms with van der Waals surface area (Å²) >= 11 is 0. The molecule has 68 heavy (non-hydrogen) atoms. The van der Waals surface area contributed by atoms with Gasteiger partial charge in [-0.05, 0) is 122 Å². The van der Waals surface area contributed by atoms with Gasteiger partial charge in [0.1, 0.15) is 6.61 Å². The van der Waals surface area contributed by atoms with Crippen LogP contribution in [-0.2, 0) is 23.8 Å². The summed E-state index contributed by atoms with van der Waals surface area (Å²) in [6.07, 6.45) is 78.5. The third-order valence-corrected chi connectivity index (χ3v) is 12.1. The van der Waals surface area contributed by atoms with E-state index in [4.69, 9.17) is 14.2 Å². The number of hydrogen-bond acceptors (Lipinski definition) is 5. The van der Waals surface area contributed by atoms with Crippen molar-refractivity contribution in [1.82, 2.24) is 0 Å². The molecule has 0 aromatic rings. The molecule has 0 bridgehead atoms. The van der Waals surface area contributed by atoms with Crippen molar-refractivity contribution in [2.75, 3.05) is 19.8 Å². The van der Waals surface area contributed by atoms with Crippen molar-refractivity contribution in [1.29, 1.82) is 0 Å². The Labute approximate surface area is 422 Å². The standard InChI is InChI=1S/C63H108O5/c1-4-7-10-13-16-19-22-25-28-30-32-34-36-38-41-44-47-50-53-56-62(64)67-60-61(59-66-58-55-52-49-46-43-40-27-24-21-18-15-12-9-6-3)68-63(65)57-54-51-48-45-42-39-37-35-33-31-29-26-23-20-17-14-11-8-5-2/h7,10,16-17,19-21,24-26,28-29,32,34,38,41,61H,4-6,8-9,11-15,18,22-23,27,30-31,33,35-37,39-40,42-60H2,1-3H3/b10-7-,19-16-,20-17-,24-21-,28-25-,29-26-,34-32-,41-38-. The molecular weight excluding hydrogens is 837 g/mol. The quantitative estimate of drug-likeness (QED) is 0.0345. The summed E-state index contributed by atoms with van der Waals surface area (Å²) in [5.41, 5.74) is 0. The minimum absolute atomic E-state index is 0.0601. The molecule has 0 heterocycles. The van der Waals surface area contributed by atoms with Crippen molar-refractivity contribution >= 4 is 11.9 Å². The molecule has 0 amide bonds. The molecule has 390 valence electrons. The van der Waals surface area contributed by atoms with E-state index in [2.05, 4.69) is 118 Å². The van der Waals surface area contributed by atoms with Crippen LogP contribution in [0.15, 0.2) is 97.2 Å². The highest BCUT2D eigenvalue weighted by Gasteiger charge is 2.17. The Morgan fingerprint density at radius 3 is 1.12 bits per heavy atom. The van der Waals surface area contributed by atoms with Crippen LogP contribution in [0.25, 0.3) is 0 Å². The lowest BCUT2D eigenvalue weighted by Gasteiger charge is -2.18. The van der Waals surface area contributed by atoms with Crippen LogP contribution in [0.1, 0.15) is 265 Å². The fourth-order valence-corrected chi connectivity index (χ4v) is 7.80. The predicted molar refractivity (Wildman–Crippen MR) is 297 cm³/mol. The SMILES string of the molecule is CC/C=C\C/C=C\C/C=C\C/C=C\C/C=C\CCCCCC(=O)OCC(COCCCCCCCC/C=C\CCCCCC)OC(=O)CCCCCCCCCCC/C=C\C/C=C\CCCCC. The lowest BCUT2D eigenvalue weighted by atomic mass is 10.1. The zero-order chi connectivity index (χ0) is 49.2. The van der Waals surface area contributed by atoms with Crippen LogP contribution in [0.5, 0.6) is 0 Å². The number of unbranched alkanes of at least 4 members (excludes halogenated alkanes) is 25. The molecular formula is C63H108O5. The monoisotopic (exact) mass is 945 g/mol. The lowest BCUT2D eigenvalue weighted by Crippen LogP contribution is -2.30. The molecule has 0 spiro atoms. The number of esters is 2. The largest absolute Gasteiger partial charge is 0.462 e. The zero-order valence-electron chi connectivity index (χ0n) is 44.8. The van der Waals surface area contributed by atoms with E-state index in [1.807, 2.05) is 0 Å². The van der Waals surface area contributed by atoms with Crippen LogP contribution in [0, 0.1) is 0 Å². The normalized spacial score (nSPS) is 12.9. The molecule has 0 aromatic heterocycles. The van der Waals surface area contributed by atoms with Gasteiger partial charge in [0.2, 0.25) is 0 Å². The van der Waals surface area contributed by atoms with Gasteiger partial charge in [0.15, 0.2) is 6.10 Å². The van der Waals surface area contributed by atoms with Crippen LogP contribution in [-0.4, -0.2) is 37.9 Å². The smallest absolute Gasteiger partial charge is 0.306 e. The van der Waals surface area contributed by atoms with Crippen molar-refractivity contribution in [3.8, 4) is 0 Å². The van der Waals surface area contributed by atoms with Crippen molar-refractivity contribution in [3.63, 3.8) is 0 Å². The molecule has 0 saturated heterocycles. The second-order valence-electron chi connectivity index (χ2n) is 18.8. The van der Waals surface area contributed by atoms with Gasteiger partial charge in [0.25, 0.3) is 0 Å². The summed E-state index contributed by atoms with van der Waals surface area (Å²) in [4.78, 5) is 25.5. The molecule has 1 atom stereocenters. The fraction of sp³-hybridized carbons (Fsp3) is 0.714. The maximum Gasteiger partial charge on any atom is 0.306 e. The highest BCUT2D eigenvalue weighted by atomic mass is 16.6. The zero-order valence-corrected chi connectivity index (χ0v) is 44.8. The molecule has 0 fully saturated rings. The second kappa shape index (κ2) is 58.1. The van der Waals surface area contributed by atoms with E-state index in [-0.39, 0.29) is 25.2 Å². The molecule has 0 saturated carbocycles. The van der Waals surface area contributed by atoms with Crippen LogP contribution >= 0.6 is 0 Å². The van der Waals surface area contributed by atoms with Crippen LogP contribution in [0.4, 0.5) is 0 Å². The average molecular weight is 946 g/mol. The Morgan fingerprint density at radius 2 is 0.662 bits per heavy atom. The molecule has 0 aromatic carbocycles. The second-order valence-corrected chi connectivity index (χ2v) is 18.8. The molecule has 5 heteroatoms. The van der Waals surface area contributed by atoms with E-state index >= 15 is 0 Å². The van der Waals surface area contributed by atoms with Crippen molar-refractivity contribution in [3.05, 3.63) is 97.2 Å². The lowest BCUT2D eigenvalue weighted by molar-refractivity contribution is -0.163. The maximum absolute atomic E-state index is 12.9. The van der Waals surface area contributed by atoms with Gasteiger partial charge < -0.3 is 14.2 Å².